The summed E-state index contributed by atoms with van der Waals surface area (Å²) in [6, 6.07) is 3.86. The summed E-state index contributed by atoms with van der Waals surface area (Å²) in [5.74, 6) is 1.65. The van der Waals surface area contributed by atoms with Crippen LogP contribution in [0.3, 0.4) is 0 Å². The van der Waals surface area contributed by atoms with Gasteiger partial charge in [-0.2, -0.15) is 5.10 Å². The molecule has 0 amide bonds. The van der Waals surface area contributed by atoms with Crippen molar-refractivity contribution in [3.8, 4) is 11.5 Å². The minimum Gasteiger partial charge on any atom is -0.460 e. The van der Waals surface area contributed by atoms with E-state index in [2.05, 4.69) is 20.4 Å². The Morgan fingerprint density at radius 3 is 2.88 bits per heavy atom. The Morgan fingerprint density at radius 2 is 2.17 bits per heavy atom. The fraction of sp³-hybridized carbons (Fsp3) is 0.588. The summed E-state index contributed by atoms with van der Waals surface area (Å²) < 4.78 is 11.0. The molecule has 0 bridgehead atoms. The number of ether oxygens (including phenoxy) is 1. The van der Waals surface area contributed by atoms with Crippen LogP contribution in [-0.2, 0) is 11.3 Å². The van der Waals surface area contributed by atoms with E-state index in [0.29, 0.717) is 19.6 Å². The predicted molar refractivity (Wildman–Crippen MR) is 90.6 cm³/mol. The van der Waals surface area contributed by atoms with Crippen LogP contribution in [0.1, 0.15) is 18.2 Å². The van der Waals surface area contributed by atoms with Gasteiger partial charge < -0.3 is 19.6 Å². The lowest BCUT2D eigenvalue weighted by Crippen LogP contribution is -2.50. The van der Waals surface area contributed by atoms with Gasteiger partial charge in [0.1, 0.15) is 11.5 Å². The second-order valence-electron chi connectivity index (χ2n) is 6.67. The lowest BCUT2D eigenvalue weighted by atomic mass is 10.1. The summed E-state index contributed by atoms with van der Waals surface area (Å²) >= 11 is 0. The van der Waals surface area contributed by atoms with Crippen molar-refractivity contribution >= 4 is 0 Å². The average molecular weight is 334 g/mol. The van der Waals surface area contributed by atoms with Crippen LogP contribution in [0.4, 0.5) is 0 Å². The largest absolute Gasteiger partial charge is 0.460 e. The van der Waals surface area contributed by atoms with E-state index in [9.17, 15) is 5.11 Å². The van der Waals surface area contributed by atoms with Gasteiger partial charge in [-0.1, -0.05) is 0 Å². The summed E-state index contributed by atoms with van der Waals surface area (Å²) in [6.45, 7) is 8.77. The van der Waals surface area contributed by atoms with Gasteiger partial charge in [-0.3, -0.25) is 10.00 Å². The Kier molecular flexibility index (Phi) is 5.35. The Bertz CT molecular complexity index is 644. The van der Waals surface area contributed by atoms with Crippen molar-refractivity contribution in [2.75, 3.05) is 39.4 Å². The third-order valence-corrected chi connectivity index (χ3v) is 4.19. The monoisotopic (exact) mass is 334 g/mol. The van der Waals surface area contributed by atoms with Crippen molar-refractivity contribution in [1.82, 2.24) is 20.4 Å². The molecule has 1 aliphatic heterocycles. The molecule has 0 saturated carbocycles. The minimum absolute atomic E-state index is 0.506. The van der Waals surface area contributed by atoms with Crippen molar-refractivity contribution in [3.05, 3.63) is 29.7 Å². The Balaban J connectivity index is 1.52. The highest BCUT2D eigenvalue weighted by atomic mass is 16.5. The van der Waals surface area contributed by atoms with Gasteiger partial charge >= 0.3 is 0 Å². The third-order valence-electron chi connectivity index (χ3n) is 4.19. The van der Waals surface area contributed by atoms with Crippen LogP contribution >= 0.6 is 0 Å². The lowest BCUT2D eigenvalue weighted by Gasteiger charge is -2.34. The quantitative estimate of drug-likeness (QED) is 0.704. The average Bonchev–Trinajstić information content (AvgIpc) is 3.16. The van der Waals surface area contributed by atoms with E-state index in [1.807, 2.05) is 26.0 Å². The molecule has 0 spiro atoms. The zero-order valence-corrected chi connectivity index (χ0v) is 14.3. The van der Waals surface area contributed by atoms with E-state index >= 15 is 0 Å². The van der Waals surface area contributed by atoms with Gasteiger partial charge in [-0.15, -0.1) is 0 Å². The number of furan rings is 1. The van der Waals surface area contributed by atoms with Crippen molar-refractivity contribution in [1.29, 1.82) is 0 Å². The Morgan fingerprint density at radius 1 is 1.38 bits per heavy atom. The molecule has 1 fully saturated rings. The summed E-state index contributed by atoms with van der Waals surface area (Å²) in [5, 5.41) is 21.0. The summed E-state index contributed by atoms with van der Waals surface area (Å²) in [6.07, 6.45) is 1.79. The highest BCUT2D eigenvalue weighted by Crippen LogP contribution is 2.23. The number of nitrogens with zero attached hydrogens (tertiary/aromatic N) is 2. The zero-order valence-electron chi connectivity index (χ0n) is 14.3. The lowest BCUT2D eigenvalue weighted by molar-refractivity contribution is -0.0219. The van der Waals surface area contributed by atoms with Crippen molar-refractivity contribution in [2.24, 2.45) is 0 Å². The van der Waals surface area contributed by atoms with Crippen LogP contribution < -0.4 is 5.32 Å². The van der Waals surface area contributed by atoms with Gasteiger partial charge in [0, 0.05) is 38.3 Å². The van der Waals surface area contributed by atoms with Crippen molar-refractivity contribution < 1.29 is 14.3 Å². The van der Waals surface area contributed by atoms with E-state index < -0.39 is 5.60 Å². The minimum atomic E-state index is -0.789. The van der Waals surface area contributed by atoms with Crippen molar-refractivity contribution in [3.63, 3.8) is 0 Å². The fourth-order valence-corrected chi connectivity index (χ4v) is 2.99. The molecule has 7 heteroatoms. The van der Waals surface area contributed by atoms with Crippen LogP contribution in [0.5, 0.6) is 0 Å². The number of aromatic amines is 1. The topological polar surface area (TPSA) is 86.5 Å². The number of H-pyrrole nitrogens is 1. The van der Waals surface area contributed by atoms with Gasteiger partial charge in [0.2, 0.25) is 0 Å². The van der Waals surface area contributed by atoms with E-state index in [1.54, 1.807) is 6.20 Å². The number of rotatable bonds is 7. The van der Waals surface area contributed by atoms with Crippen LogP contribution in [0.2, 0.25) is 0 Å². The van der Waals surface area contributed by atoms with Gasteiger partial charge in [0.25, 0.3) is 0 Å². The molecule has 3 rings (SSSR count). The fourth-order valence-electron chi connectivity index (χ4n) is 2.99. The second-order valence-corrected chi connectivity index (χ2v) is 6.67. The first-order chi connectivity index (χ1) is 11.5. The SMILES string of the molecule is Cc1ccc(-c2[nH]ncc2CNCC(C)(O)CN2CCOCC2)o1. The van der Waals surface area contributed by atoms with E-state index in [1.165, 1.54) is 0 Å². The number of aliphatic hydroxyl groups is 1. The third kappa shape index (κ3) is 4.45. The first kappa shape index (κ1) is 17.2. The Labute approximate surface area is 142 Å². The number of hydrogen-bond acceptors (Lipinski definition) is 6. The molecule has 1 unspecified atom stereocenters. The number of morpholine rings is 1. The highest BCUT2D eigenvalue weighted by Gasteiger charge is 2.25. The van der Waals surface area contributed by atoms with E-state index in [0.717, 1.165) is 49.1 Å². The molecule has 3 N–H and O–H groups in total. The molecule has 2 aromatic rings. The predicted octanol–water partition coefficient (Wildman–Crippen LogP) is 1.15. The molecule has 7 nitrogen and oxygen atoms in total. The number of aromatic nitrogens is 2. The number of aryl methyl sites for hydroxylation is 1. The summed E-state index contributed by atoms with van der Waals surface area (Å²) in [4.78, 5) is 2.24. The van der Waals surface area contributed by atoms with E-state index in [4.69, 9.17) is 9.15 Å². The standard InChI is InChI=1S/C17H26N4O3/c1-13-3-4-15(24-13)16-14(10-19-20-16)9-18-11-17(2,22)12-21-5-7-23-8-6-21/h3-4,10,18,22H,5-9,11-12H2,1-2H3,(H,19,20). The van der Waals surface area contributed by atoms with Crippen LogP contribution in [0.25, 0.3) is 11.5 Å². The summed E-state index contributed by atoms with van der Waals surface area (Å²) in [5.41, 5.74) is 1.11. The second kappa shape index (κ2) is 7.48. The molecule has 132 valence electrons. The number of β-amino-alcohol motifs (C(OH)–C–C–N with tert-alkyl or cyclic N) is 1. The molecule has 0 radical (unpaired) electrons. The maximum Gasteiger partial charge on any atom is 0.152 e. The molecular weight excluding hydrogens is 308 g/mol. The first-order valence-corrected chi connectivity index (χ1v) is 8.36. The van der Waals surface area contributed by atoms with Gasteiger partial charge in [-0.25, -0.2) is 0 Å². The normalized spacial score (nSPS) is 18.6. The van der Waals surface area contributed by atoms with Gasteiger partial charge in [0.05, 0.1) is 25.0 Å². The highest BCUT2D eigenvalue weighted by molar-refractivity contribution is 5.56. The van der Waals surface area contributed by atoms with Crippen LogP contribution in [-0.4, -0.2) is 65.2 Å². The first-order valence-electron chi connectivity index (χ1n) is 8.36. The van der Waals surface area contributed by atoms with Gasteiger partial charge in [-0.05, 0) is 26.0 Å². The molecule has 0 aromatic carbocycles. The summed E-state index contributed by atoms with van der Waals surface area (Å²) in [7, 11) is 0. The van der Waals surface area contributed by atoms with Crippen molar-refractivity contribution in [2.45, 2.75) is 26.0 Å². The molecule has 1 aliphatic rings. The maximum atomic E-state index is 10.6. The van der Waals surface area contributed by atoms with E-state index in [-0.39, 0.29) is 0 Å². The number of hydrogen-bond donors (Lipinski definition) is 3. The molecule has 1 saturated heterocycles. The smallest absolute Gasteiger partial charge is 0.152 e. The van der Waals surface area contributed by atoms with Gasteiger partial charge in [0.15, 0.2) is 5.76 Å². The Hall–Kier alpha value is -1.67. The molecular formula is C17H26N4O3. The number of nitrogens with one attached hydrogen (secondary N) is 2. The molecule has 2 aromatic heterocycles. The molecule has 0 aliphatic carbocycles. The maximum absolute atomic E-state index is 10.6. The molecule has 24 heavy (non-hydrogen) atoms. The van der Waals surface area contributed by atoms with Crippen LogP contribution in [0, 0.1) is 6.92 Å². The molecule has 3 heterocycles. The molecule has 1 atom stereocenters. The zero-order chi connectivity index (χ0) is 17.0. The van der Waals surface area contributed by atoms with Crippen LogP contribution in [0.15, 0.2) is 22.7 Å².